The number of imidazole rings is 1. The molecule has 0 N–H and O–H groups in total. The molecule has 2 heterocycles. The van der Waals surface area contributed by atoms with Crippen molar-refractivity contribution in [2.75, 3.05) is 0 Å². The summed E-state index contributed by atoms with van der Waals surface area (Å²) < 4.78 is 15.0. The molecule has 0 aliphatic carbocycles. The van der Waals surface area contributed by atoms with Crippen LogP contribution in [0, 0.1) is 12.7 Å². The lowest BCUT2D eigenvalue weighted by atomic mass is 10.2. The normalized spacial score (nSPS) is 11.3. The molecule has 0 spiro atoms. The number of alkyl halides is 1. The van der Waals surface area contributed by atoms with Gasteiger partial charge in [0.2, 0.25) is 0 Å². The zero-order chi connectivity index (χ0) is 15.1. The molecule has 2 aromatic heterocycles. The van der Waals surface area contributed by atoms with Crippen molar-refractivity contribution in [1.82, 2.24) is 14.5 Å². The van der Waals surface area contributed by atoms with Crippen molar-refractivity contribution in [2.24, 2.45) is 0 Å². The first-order valence-corrected chi connectivity index (χ1v) is 7.35. The van der Waals surface area contributed by atoms with Gasteiger partial charge in [0.25, 0.3) is 0 Å². The summed E-state index contributed by atoms with van der Waals surface area (Å²) in [6, 6.07) is 4.25. The van der Waals surface area contributed by atoms with Crippen molar-refractivity contribution >= 4 is 46.0 Å². The molecule has 0 atom stereocenters. The Labute approximate surface area is 135 Å². The second-order valence-electron chi connectivity index (χ2n) is 4.52. The molecule has 21 heavy (non-hydrogen) atoms. The highest BCUT2D eigenvalue weighted by molar-refractivity contribution is 6.38. The standard InChI is InChI=1S/C14H9Cl3FN3/c1-7-2-3-19-14-12(7)20-11(6-15)21(14)13-9(16)4-8(18)5-10(13)17/h2-5H,6H2,1H3. The third-order valence-corrected chi connectivity index (χ3v) is 3.96. The number of nitrogens with zero attached hydrogens (tertiary/aromatic N) is 3. The third-order valence-electron chi connectivity index (χ3n) is 3.14. The molecule has 108 valence electrons. The van der Waals surface area contributed by atoms with Crippen LogP contribution in [-0.2, 0) is 5.88 Å². The zero-order valence-corrected chi connectivity index (χ0v) is 13.1. The highest BCUT2D eigenvalue weighted by Gasteiger charge is 2.19. The van der Waals surface area contributed by atoms with E-state index in [1.807, 2.05) is 13.0 Å². The number of halogens is 4. The van der Waals surface area contributed by atoms with Crippen LogP contribution >= 0.6 is 34.8 Å². The van der Waals surface area contributed by atoms with Gasteiger partial charge in [-0.2, -0.15) is 0 Å². The highest BCUT2D eigenvalue weighted by atomic mass is 35.5. The first-order valence-electron chi connectivity index (χ1n) is 6.06. The molecule has 3 aromatic rings. The van der Waals surface area contributed by atoms with Crippen LogP contribution in [0.3, 0.4) is 0 Å². The van der Waals surface area contributed by atoms with E-state index in [2.05, 4.69) is 9.97 Å². The maximum atomic E-state index is 13.4. The fourth-order valence-corrected chi connectivity index (χ4v) is 3.02. The minimum absolute atomic E-state index is 0.153. The summed E-state index contributed by atoms with van der Waals surface area (Å²) in [5.74, 6) is 0.193. The monoisotopic (exact) mass is 343 g/mol. The third kappa shape index (κ3) is 2.37. The van der Waals surface area contributed by atoms with Crippen LogP contribution in [0.15, 0.2) is 24.4 Å². The molecule has 0 amide bonds. The first-order chi connectivity index (χ1) is 10.0. The second-order valence-corrected chi connectivity index (χ2v) is 5.60. The molecule has 0 aliphatic heterocycles. The van der Waals surface area contributed by atoms with E-state index in [0.717, 1.165) is 5.56 Å². The molecule has 0 saturated carbocycles. The number of hydrogen-bond donors (Lipinski definition) is 0. The number of rotatable bonds is 2. The Kier molecular flexibility index (Phi) is 3.78. The molecular formula is C14H9Cl3FN3. The van der Waals surface area contributed by atoms with Crippen LogP contribution in [-0.4, -0.2) is 14.5 Å². The van der Waals surface area contributed by atoms with Crippen LogP contribution in [0.1, 0.15) is 11.4 Å². The summed E-state index contributed by atoms with van der Waals surface area (Å²) in [5.41, 5.74) is 2.68. The fraction of sp³-hybridized carbons (Fsp3) is 0.143. The van der Waals surface area contributed by atoms with Crippen LogP contribution in [0.4, 0.5) is 4.39 Å². The maximum absolute atomic E-state index is 13.4. The zero-order valence-electron chi connectivity index (χ0n) is 10.9. The van der Waals surface area contributed by atoms with E-state index in [0.29, 0.717) is 22.7 Å². The summed E-state index contributed by atoms with van der Waals surface area (Å²) in [6.07, 6.45) is 1.67. The lowest BCUT2D eigenvalue weighted by Gasteiger charge is -2.11. The molecule has 1 aromatic carbocycles. The van der Waals surface area contributed by atoms with E-state index < -0.39 is 5.82 Å². The molecule has 0 saturated heterocycles. The Hall–Kier alpha value is -1.36. The summed E-state index contributed by atoms with van der Waals surface area (Å²) in [5, 5.41) is 0.350. The topological polar surface area (TPSA) is 30.7 Å². The largest absolute Gasteiger partial charge is 0.277 e. The number of benzene rings is 1. The number of aryl methyl sites for hydroxylation is 1. The van der Waals surface area contributed by atoms with Gasteiger partial charge < -0.3 is 0 Å². The van der Waals surface area contributed by atoms with Crippen LogP contribution in [0.2, 0.25) is 10.0 Å². The SMILES string of the molecule is Cc1ccnc2c1nc(CCl)n2-c1c(Cl)cc(F)cc1Cl. The van der Waals surface area contributed by atoms with Gasteiger partial charge in [-0.05, 0) is 30.7 Å². The summed E-state index contributed by atoms with van der Waals surface area (Å²) >= 11 is 18.3. The summed E-state index contributed by atoms with van der Waals surface area (Å²) in [6.45, 7) is 1.92. The molecular weight excluding hydrogens is 336 g/mol. The van der Waals surface area contributed by atoms with E-state index in [-0.39, 0.29) is 15.9 Å². The van der Waals surface area contributed by atoms with Crippen LogP contribution in [0.25, 0.3) is 16.9 Å². The molecule has 7 heteroatoms. The van der Waals surface area contributed by atoms with Gasteiger partial charge in [-0.25, -0.2) is 14.4 Å². The van der Waals surface area contributed by atoms with Gasteiger partial charge in [-0.15, -0.1) is 11.6 Å². The lowest BCUT2D eigenvalue weighted by molar-refractivity contribution is 0.627. The minimum atomic E-state index is -0.505. The maximum Gasteiger partial charge on any atom is 0.165 e. The lowest BCUT2D eigenvalue weighted by Crippen LogP contribution is -2.02. The van der Waals surface area contributed by atoms with Gasteiger partial charge in [0.05, 0.1) is 21.6 Å². The van der Waals surface area contributed by atoms with E-state index in [1.54, 1.807) is 10.8 Å². The number of pyridine rings is 1. The van der Waals surface area contributed by atoms with Crippen molar-refractivity contribution in [3.05, 3.63) is 51.6 Å². The average molecular weight is 345 g/mol. The van der Waals surface area contributed by atoms with Crippen LogP contribution in [0.5, 0.6) is 0 Å². The van der Waals surface area contributed by atoms with Gasteiger partial charge in [0.15, 0.2) is 5.65 Å². The van der Waals surface area contributed by atoms with Gasteiger partial charge >= 0.3 is 0 Å². The Morgan fingerprint density at radius 1 is 1.24 bits per heavy atom. The molecule has 0 unspecified atom stereocenters. The molecule has 3 nitrogen and oxygen atoms in total. The second kappa shape index (κ2) is 5.44. The van der Waals surface area contributed by atoms with Crippen molar-refractivity contribution in [3.8, 4) is 5.69 Å². The van der Waals surface area contributed by atoms with Crippen LogP contribution < -0.4 is 0 Å². The molecule has 0 radical (unpaired) electrons. The van der Waals surface area contributed by atoms with E-state index in [9.17, 15) is 4.39 Å². The Balaban J connectivity index is 2.42. The molecule has 0 aliphatic rings. The predicted molar refractivity (Wildman–Crippen MR) is 83.1 cm³/mol. The molecule has 0 bridgehead atoms. The molecule has 3 rings (SSSR count). The minimum Gasteiger partial charge on any atom is -0.277 e. The van der Waals surface area contributed by atoms with E-state index >= 15 is 0 Å². The Bertz CT molecular complexity index is 822. The summed E-state index contributed by atoms with van der Waals surface area (Å²) in [4.78, 5) is 8.79. The fourth-order valence-electron chi connectivity index (χ4n) is 2.21. The van der Waals surface area contributed by atoms with E-state index in [1.165, 1.54) is 12.1 Å². The van der Waals surface area contributed by atoms with Crippen molar-refractivity contribution < 1.29 is 4.39 Å². The van der Waals surface area contributed by atoms with Crippen molar-refractivity contribution in [1.29, 1.82) is 0 Å². The van der Waals surface area contributed by atoms with Gasteiger partial charge in [-0.3, -0.25) is 4.57 Å². The summed E-state index contributed by atoms with van der Waals surface area (Å²) in [7, 11) is 0. The Morgan fingerprint density at radius 3 is 2.52 bits per heavy atom. The van der Waals surface area contributed by atoms with Gasteiger partial charge in [0.1, 0.15) is 17.2 Å². The quantitative estimate of drug-likeness (QED) is 0.618. The van der Waals surface area contributed by atoms with Gasteiger partial charge in [-0.1, -0.05) is 23.2 Å². The predicted octanol–water partition coefficient (Wildman–Crippen LogP) is 4.91. The average Bonchev–Trinajstić information content (AvgIpc) is 2.78. The number of hydrogen-bond acceptors (Lipinski definition) is 2. The first kappa shape index (κ1) is 14.6. The van der Waals surface area contributed by atoms with Gasteiger partial charge in [0, 0.05) is 6.20 Å². The Morgan fingerprint density at radius 2 is 1.90 bits per heavy atom. The van der Waals surface area contributed by atoms with Crippen molar-refractivity contribution in [3.63, 3.8) is 0 Å². The van der Waals surface area contributed by atoms with Crippen molar-refractivity contribution in [2.45, 2.75) is 12.8 Å². The number of fused-ring (bicyclic) bond motifs is 1. The smallest absolute Gasteiger partial charge is 0.165 e. The molecule has 0 fully saturated rings. The number of aromatic nitrogens is 3. The van der Waals surface area contributed by atoms with E-state index in [4.69, 9.17) is 34.8 Å². The highest BCUT2D eigenvalue weighted by Crippen LogP contribution is 2.33.